The fourth-order valence-electron chi connectivity index (χ4n) is 2.89. The molecule has 2 aromatic rings. The molecule has 1 amide bonds. The van der Waals surface area contributed by atoms with Crippen molar-refractivity contribution in [2.75, 3.05) is 31.1 Å². The van der Waals surface area contributed by atoms with Crippen LogP contribution in [0.5, 0.6) is 0 Å². The summed E-state index contributed by atoms with van der Waals surface area (Å²) in [5.41, 5.74) is 1.02. The van der Waals surface area contributed by atoms with Gasteiger partial charge in [-0.15, -0.1) is 11.3 Å². The van der Waals surface area contributed by atoms with E-state index in [0.29, 0.717) is 6.42 Å². The standard InChI is InChI=1S/C18H21FN2OS/c19-15-6-8-16(9-7-15)20-10-12-21(13-11-20)18(22)5-1-3-17-4-2-14-23-17/h2,4,6-9,14H,1,3,5,10-13H2. The van der Waals surface area contributed by atoms with Gasteiger partial charge in [0.05, 0.1) is 0 Å². The largest absolute Gasteiger partial charge is 0.368 e. The zero-order chi connectivity index (χ0) is 16.1. The highest BCUT2D eigenvalue weighted by atomic mass is 32.1. The molecule has 0 spiro atoms. The minimum absolute atomic E-state index is 0.215. The van der Waals surface area contributed by atoms with Gasteiger partial charge in [0.25, 0.3) is 0 Å². The number of hydrogen-bond acceptors (Lipinski definition) is 3. The van der Waals surface area contributed by atoms with Crippen LogP contribution in [0, 0.1) is 5.82 Å². The lowest BCUT2D eigenvalue weighted by molar-refractivity contribution is -0.131. The van der Waals surface area contributed by atoms with E-state index < -0.39 is 0 Å². The molecule has 1 aliphatic heterocycles. The minimum Gasteiger partial charge on any atom is -0.368 e. The molecule has 122 valence electrons. The molecule has 5 heteroatoms. The Morgan fingerprint density at radius 3 is 2.48 bits per heavy atom. The van der Waals surface area contributed by atoms with Crippen molar-refractivity contribution < 1.29 is 9.18 Å². The normalized spacial score (nSPS) is 15.0. The summed E-state index contributed by atoms with van der Waals surface area (Å²) in [5, 5.41) is 2.08. The Kier molecular flexibility index (Phi) is 5.28. The monoisotopic (exact) mass is 332 g/mol. The third-order valence-corrected chi connectivity index (χ3v) is 5.15. The number of benzene rings is 1. The smallest absolute Gasteiger partial charge is 0.222 e. The van der Waals surface area contributed by atoms with Crippen molar-refractivity contribution in [3.05, 3.63) is 52.5 Å². The van der Waals surface area contributed by atoms with E-state index in [-0.39, 0.29) is 11.7 Å². The minimum atomic E-state index is -0.215. The van der Waals surface area contributed by atoms with Crippen LogP contribution in [0.1, 0.15) is 17.7 Å². The van der Waals surface area contributed by atoms with Crippen LogP contribution >= 0.6 is 11.3 Å². The number of hydrogen-bond donors (Lipinski definition) is 0. The van der Waals surface area contributed by atoms with Crippen LogP contribution in [-0.4, -0.2) is 37.0 Å². The van der Waals surface area contributed by atoms with Crippen molar-refractivity contribution >= 4 is 22.9 Å². The van der Waals surface area contributed by atoms with Gasteiger partial charge in [-0.2, -0.15) is 0 Å². The Hall–Kier alpha value is -1.88. The SMILES string of the molecule is O=C(CCCc1cccs1)N1CCN(c2ccc(F)cc2)CC1. The molecule has 1 aromatic heterocycles. The number of carbonyl (C=O) groups excluding carboxylic acids is 1. The lowest BCUT2D eigenvalue weighted by Gasteiger charge is -2.36. The van der Waals surface area contributed by atoms with Gasteiger partial charge in [-0.1, -0.05) is 6.07 Å². The molecule has 23 heavy (non-hydrogen) atoms. The number of thiophene rings is 1. The topological polar surface area (TPSA) is 23.6 Å². The first-order chi connectivity index (χ1) is 11.2. The van der Waals surface area contributed by atoms with Crippen LogP contribution in [0.25, 0.3) is 0 Å². The molecular formula is C18H21FN2OS. The fraction of sp³-hybridized carbons (Fsp3) is 0.389. The van der Waals surface area contributed by atoms with E-state index in [9.17, 15) is 9.18 Å². The van der Waals surface area contributed by atoms with E-state index in [1.165, 1.54) is 17.0 Å². The maximum absolute atomic E-state index is 13.0. The summed E-state index contributed by atoms with van der Waals surface area (Å²) in [4.78, 5) is 17.8. The first kappa shape index (κ1) is 16.0. The van der Waals surface area contributed by atoms with E-state index in [1.54, 1.807) is 23.5 Å². The van der Waals surface area contributed by atoms with Crippen molar-refractivity contribution in [2.24, 2.45) is 0 Å². The lowest BCUT2D eigenvalue weighted by atomic mass is 10.2. The highest BCUT2D eigenvalue weighted by molar-refractivity contribution is 7.09. The molecule has 0 bridgehead atoms. The van der Waals surface area contributed by atoms with E-state index >= 15 is 0 Å². The summed E-state index contributed by atoms with van der Waals surface area (Å²) in [6.07, 6.45) is 2.52. The summed E-state index contributed by atoms with van der Waals surface area (Å²) in [5.74, 6) is 0.0358. The van der Waals surface area contributed by atoms with Gasteiger partial charge >= 0.3 is 0 Å². The number of aryl methyl sites for hydroxylation is 1. The molecule has 0 atom stereocenters. The Labute approximate surface area is 140 Å². The third-order valence-electron chi connectivity index (χ3n) is 4.22. The van der Waals surface area contributed by atoms with Gasteiger partial charge in [-0.05, 0) is 48.6 Å². The second-order valence-electron chi connectivity index (χ2n) is 5.78. The maximum Gasteiger partial charge on any atom is 0.222 e. The average Bonchev–Trinajstić information content (AvgIpc) is 3.09. The second kappa shape index (κ2) is 7.59. The number of amides is 1. The Bertz CT molecular complexity index is 619. The molecule has 0 unspecified atom stereocenters. The molecular weight excluding hydrogens is 311 g/mol. The van der Waals surface area contributed by atoms with Crippen LogP contribution in [0.2, 0.25) is 0 Å². The number of carbonyl (C=O) groups is 1. The zero-order valence-electron chi connectivity index (χ0n) is 13.1. The molecule has 0 aliphatic carbocycles. The van der Waals surface area contributed by atoms with E-state index in [1.807, 2.05) is 4.90 Å². The van der Waals surface area contributed by atoms with Crippen LogP contribution in [0.4, 0.5) is 10.1 Å². The second-order valence-corrected chi connectivity index (χ2v) is 6.81. The molecule has 1 aliphatic rings. The molecule has 2 heterocycles. The maximum atomic E-state index is 13.0. The Morgan fingerprint density at radius 2 is 1.83 bits per heavy atom. The number of nitrogens with zero attached hydrogens (tertiary/aromatic N) is 2. The van der Waals surface area contributed by atoms with Crippen molar-refractivity contribution in [1.29, 1.82) is 0 Å². The molecule has 3 nitrogen and oxygen atoms in total. The summed E-state index contributed by atoms with van der Waals surface area (Å²) in [6.45, 7) is 3.11. The third kappa shape index (κ3) is 4.32. The van der Waals surface area contributed by atoms with Crippen molar-refractivity contribution in [1.82, 2.24) is 4.90 Å². The number of halogens is 1. The fourth-order valence-corrected chi connectivity index (χ4v) is 3.64. The molecule has 3 rings (SSSR count). The van der Waals surface area contributed by atoms with E-state index in [2.05, 4.69) is 22.4 Å². The summed E-state index contributed by atoms with van der Waals surface area (Å²) < 4.78 is 13.0. The Balaban J connectivity index is 1.43. The van der Waals surface area contributed by atoms with E-state index in [0.717, 1.165) is 44.7 Å². The van der Waals surface area contributed by atoms with Crippen molar-refractivity contribution in [3.63, 3.8) is 0 Å². The van der Waals surface area contributed by atoms with Crippen LogP contribution in [0.3, 0.4) is 0 Å². The number of anilines is 1. The molecule has 1 fully saturated rings. The van der Waals surface area contributed by atoms with Gasteiger partial charge in [0.1, 0.15) is 5.82 Å². The van der Waals surface area contributed by atoms with Crippen LogP contribution in [0.15, 0.2) is 41.8 Å². The molecule has 0 radical (unpaired) electrons. The van der Waals surface area contributed by atoms with Crippen LogP contribution < -0.4 is 4.90 Å². The number of piperazine rings is 1. The lowest BCUT2D eigenvalue weighted by Crippen LogP contribution is -2.48. The molecule has 1 saturated heterocycles. The zero-order valence-corrected chi connectivity index (χ0v) is 13.9. The molecule has 0 saturated carbocycles. The Morgan fingerprint density at radius 1 is 1.09 bits per heavy atom. The van der Waals surface area contributed by atoms with Gasteiger partial charge in [-0.25, -0.2) is 4.39 Å². The first-order valence-corrected chi connectivity index (χ1v) is 8.91. The van der Waals surface area contributed by atoms with Crippen molar-refractivity contribution in [3.8, 4) is 0 Å². The van der Waals surface area contributed by atoms with E-state index in [4.69, 9.17) is 0 Å². The first-order valence-electron chi connectivity index (χ1n) is 8.03. The highest BCUT2D eigenvalue weighted by Gasteiger charge is 2.20. The molecule has 0 N–H and O–H groups in total. The highest BCUT2D eigenvalue weighted by Crippen LogP contribution is 2.18. The van der Waals surface area contributed by atoms with Gasteiger partial charge in [-0.3, -0.25) is 4.79 Å². The summed E-state index contributed by atoms with van der Waals surface area (Å²) in [7, 11) is 0. The summed E-state index contributed by atoms with van der Waals surface area (Å²) in [6, 6.07) is 10.7. The predicted octanol–water partition coefficient (Wildman–Crippen LogP) is 3.56. The van der Waals surface area contributed by atoms with Gasteiger partial charge in [0, 0.05) is 43.2 Å². The van der Waals surface area contributed by atoms with Gasteiger partial charge in [0.15, 0.2) is 0 Å². The van der Waals surface area contributed by atoms with Crippen molar-refractivity contribution in [2.45, 2.75) is 19.3 Å². The summed E-state index contributed by atoms with van der Waals surface area (Å²) >= 11 is 1.75. The van der Waals surface area contributed by atoms with Crippen LogP contribution in [-0.2, 0) is 11.2 Å². The quantitative estimate of drug-likeness (QED) is 0.836. The average molecular weight is 332 g/mol. The van der Waals surface area contributed by atoms with Gasteiger partial charge < -0.3 is 9.80 Å². The molecule has 1 aromatic carbocycles. The predicted molar refractivity (Wildman–Crippen MR) is 92.5 cm³/mol. The van der Waals surface area contributed by atoms with Gasteiger partial charge in [0.2, 0.25) is 5.91 Å². The number of rotatable bonds is 5.